The van der Waals surface area contributed by atoms with Gasteiger partial charge in [-0.05, 0) is 12.1 Å². The highest BCUT2D eigenvalue weighted by Gasteiger charge is 2.41. The van der Waals surface area contributed by atoms with E-state index in [1.807, 2.05) is 0 Å². The maximum Gasteiger partial charge on any atom is 0.471 e. The molecule has 0 radical (unpaired) electrons. The monoisotopic (exact) mass is 248 g/mol. The normalized spacial score (nSPS) is 11.1. The first kappa shape index (κ1) is 12.9. The number of rotatable bonds is 2. The maximum absolute atomic E-state index is 12.1. The number of carboxylic acid groups (broad SMARTS) is 1. The number of alkyl halides is 3. The molecule has 1 amide bonds. The Labute approximate surface area is 93.5 Å². The molecule has 1 N–H and O–H groups in total. The summed E-state index contributed by atoms with van der Waals surface area (Å²) in [6, 6.07) is 2.08. The average molecular weight is 248 g/mol. The van der Waals surface area contributed by atoms with Gasteiger partial charge in [0.15, 0.2) is 0 Å². The van der Waals surface area contributed by atoms with Crippen molar-refractivity contribution in [3.63, 3.8) is 0 Å². The number of carbonyl (C=O) groups excluding carboxylic acids is 1. The lowest BCUT2D eigenvalue weighted by molar-refractivity contribution is -0.170. The molecule has 0 unspecified atom stereocenters. The van der Waals surface area contributed by atoms with Crippen molar-refractivity contribution < 1.29 is 27.9 Å². The van der Waals surface area contributed by atoms with Gasteiger partial charge in [-0.3, -0.25) is 4.79 Å². The SMILES string of the molecule is CN(C(=O)C(F)(F)F)c1ccc(C(=O)O)nc1. The number of aromatic nitrogens is 1. The summed E-state index contributed by atoms with van der Waals surface area (Å²) >= 11 is 0. The molecule has 0 saturated carbocycles. The van der Waals surface area contributed by atoms with Gasteiger partial charge in [0.2, 0.25) is 0 Å². The van der Waals surface area contributed by atoms with Crippen LogP contribution in [0.2, 0.25) is 0 Å². The molecular weight excluding hydrogens is 241 g/mol. The van der Waals surface area contributed by atoms with Gasteiger partial charge in [-0.25, -0.2) is 9.78 Å². The summed E-state index contributed by atoms with van der Waals surface area (Å²) < 4.78 is 36.3. The van der Waals surface area contributed by atoms with Crippen LogP contribution in [0.3, 0.4) is 0 Å². The van der Waals surface area contributed by atoms with Crippen LogP contribution in [-0.4, -0.2) is 35.2 Å². The number of carboxylic acids is 1. The molecule has 8 heteroatoms. The first-order valence-corrected chi connectivity index (χ1v) is 4.27. The molecule has 0 saturated heterocycles. The predicted molar refractivity (Wildman–Crippen MR) is 50.7 cm³/mol. The second kappa shape index (κ2) is 4.40. The largest absolute Gasteiger partial charge is 0.477 e. The van der Waals surface area contributed by atoms with Gasteiger partial charge in [0.25, 0.3) is 0 Å². The van der Waals surface area contributed by atoms with Crippen molar-refractivity contribution in [3.8, 4) is 0 Å². The van der Waals surface area contributed by atoms with Gasteiger partial charge in [-0.15, -0.1) is 0 Å². The fourth-order valence-corrected chi connectivity index (χ4v) is 1.02. The maximum atomic E-state index is 12.1. The van der Waals surface area contributed by atoms with Crippen LogP contribution in [0.15, 0.2) is 18.3 Å². The Morgan fingerprint density at radius 2 is 1.94 bits per heavy atom. The van der Waals surface area contributed by atoms with E-state index in [2.05, 4.69) is 4.98 Å². The van der Waals surface area contributed by atoms with Gasteiger partial charge in [0.05, 0.1) is 11.9 Å². The zero-order chi connectivity index (χ0) is 13.2. The second-order valence-corrected chi connectivity index (χ2v) is 3.07. The van der Waals surface area contributed by atoms with Crippen molar-refractivity contribution in [1.29, 1.82) is 0 Å². The number of hydrogen-bond acceptors (Lipinski definition) is 3. The van der Waals surface area contributed by atoms with E-state index in [4.69, 9.17) is 5.11 Å². The fraction of sp³-hybridized carbons (Fsp3) is 0.222. The van der Waals surface area contributed by atoms with Gasteiger partial charge in [0, 0.05) is 7.05 Å². The van der Waals surface area contributed by atoms with Crippen molar-refractivity contribution in [3.05, 3.63) is 24.0 Å². The second-order valence-electron chi connectivity index (χ2n) is 3.07. The number of halogens is 3. The van der Waals surface area contributed by atoms with Crippen molar-refractivity contribution in [2.75, 3.05) is 11.9 Å². The number of aromatic carboxylic acids is 1. The van der Waals surface area contributed by atoms with E-state index >= 15 is 0 Å². The van der Waals surface area contributed by atoms with Crippen molar-refractivity contribution in [1.82, 2.24) is 4.98 Å². The van der Waals surface area contributed by atoms with Crippen LogP contribution < -0.4 is 4.90 Å². The van der Waals surface area contributed by atoms with E-state index in [9.17, 15) is 22.8 Å². The summed E-state index contributed by atoms with van der Waals surface area (Å²) in [6.45, 7) is 0. The van der Waals surface area contributed by atoms with Crippen LogP contribution >= 0.6 is 0 Å². The summed E-state index contributed by atoms with van der Waals surface area (Å²) in [7, 11) is 0.924. The Morgan fingerprint density at radius 3 is 2.29 bits per heavy atom. The van der Waals surface area contributed by atoms with Crippen molar-refractivity contribution >= 4 is 17.6 Å². The summed E-state index contributed by atoms with van der Waals surface area (Å²) in [4.78, 5) is 25.0. The highest BCUT2D eigenvalue weighted by molar-refractivity contribution is 5.97. The van der Waals surface area contributed by atoms with Crippen LogP contribution in [0.25, 0.3) is 0 Å². The first-order chi connectivity index (χ1) is 7.73. The molecule has 5 nitrogen and oxygen atoms in total. The molecule has 0 bridgehead atoms. The minimum absolute atomic E-state index is 0.141. The number of nitrogens with zero attached hydrogens (tertiary/aromatic N) is 2. The average Bonchev–Trinajstić information content (AvgIpc) is 2.26. The molecule has 0 atom stereocenters. The fourth-order valence-electron chi connectivity index (χ4n) is 1.02. The Morgan fingerprint density at radius 1 is 1.35 bits per heavy atom. The van der Waals surface area contributed by atoms with E-state index in [0.717, 1.165) is 25.4 Å². The minimum Gasteiger partial charge on any atom is -0.477 e. The molecule has 92 valence electrons. The van der Waals surface area contributed by atoms with E-state index in [0.29, 0.717) is 4.90 Å². The number of pyridine rings is 1. The number of amides is 1. The van der Waals surface area contributed by atoms with E-state index in [1.54, 1.807) is 0 Å². The Balaban J connectivity index is 2.94. The molecule has 1 aromatic rings. The van der Waals surface area contributed by atoms with Crippen molar-refractivity contribution in [2.24, 2.45) is 0 Å². The van der Waals surface area contributed by atoms with E-state index < -0.39 is 18.1 Å². The van der Waals surface area contributed by atoms with Crippen molar-refractivity contribution in [2.45, 2.75) is 6.18 Å². The molecule has 0 spiro atoms. The van der Waals surface area contributed by atoms with Gasteiger partial charge >= 0.3 is 18.1 Å². The lowest BCUT2D eigenvalue weighted by Gasteiger charge is -2.18. The molecule has 1 aromatic heterocycles. The number of anilines is 1. The van der Waals surface area contributed by atoms with E-state index in [-0.39, 0.29) is 11.4 Å². The van der Waals surface area contributed by atoms with Gasteiger partial charge in [0.1, 0.15) is 5.69 Å². The number of hydrogen-bond donors (Lipinski definition) is 1. The molecule has 1 rings (SSSR count). The highest BCUT2D eigenvalue weighted by Crippen LogP contribution is 2.21. The third-order valence-corrected chi connectivity index (χ3v) is 1.90. The van der Waals surface area contributed by atoms with E-state index in [1.165, 1.54) is 0 Å². The van der Waals surface area contributed by atoms with Gasteiger partial charge < -0.3 is 10.0 Å². The lowest BCUT2D eigenvalue weighted by atomic mass is 10.3. The predicted octanol–water partition coefficient (Wildman–Crippen LogP) is 1.30. The minimum atomic E-state index is -4.99. The molecule has 0 fully saturated rings. The molecule has 0 aliphatic heterocycles. The summed E-state index contributed by atoms with van der Waals surface area (Å²) in [6.07, 6.45) is -4.10. The van der Waals surface area contributed by atoms with Crippen LogP contribution in [0.4, 0.5) is 18.9 Å². The molecular formula is C9H7F3N2O3. The zero-order valence-corrected chi connectivity index (χ0v) is 8.52. The summed E-state index contributed by atoms with van der Waals surface area (Å²) in [5, 5.41) is 8.53. The zero-order valence-electron chi connectivity index (χ0n) is 8.52. The van der Waals surface area contributed by atoms with Gasteiger partial charge in [-0.1, -0.05) is 0 Å². The van der Waals surface area contributed by atoms with Crippen LogP contribution in [-0.2, 0) is 4.79 Å². The standard InChI is InChI=1S/C9H7F3N2O3/c1-14(8(17)9(10,11)12)5-2-3-6(7(15)16)13-4-5/h2-4H,1H3,(H,15,16). The topological polar surface area (TPSA) is 70.5 Å². The first-order valence-electron chi connectivity index (χ1n) is 4.27. The molecule has 1 heterocycles. The Hall–Kier alpha value is -2.12. The third-order valence-electron chi connectivity index (χ3n) is 1.90. The smallest absolute Gasteiger partial charge is 0.471 e. The molecule has 0 aliphatic rings. The van der Waals surface area contributed by atoms with Crippen LogP contribution in [0, 0.1) is 0 Å². The Kier molecular flexibility index (Phi) is 3.35. The Bertz CT molecular complexity index is 442. The van der Waals surface area contributed by atoms with Gasteiger partial charge in [-0.2, -0.15) is 13.2 Å². The quantitative estimate of drug-likeness (QED) is 0.856. The number of carbonyl (C=O) groups is 2. The third kappa shape index (κ3) is 2.92. The molecule has 0 aliphatic carbocycles. The lowest BCUT2D eigenvalue weighted by Crippen LogP contribution is -2.38. The summed E-state index contributed by atoms with van der Waals surface area (Å²) in [5.41, 5.74) is -0.459. The summed E-state index contributed by atoms with van der Waals surface area (Å²) in [5.74, 6) is -3.36. The molecule has 17 heavy (non-hydrogen) atoms. The highest BCUT2D eigenvalue weighted by atomic mass is 19.4. The van der Waals surface area contributed by atoms with Crippen LogP contribution in [0.5, 0.6) is 0 Å². The van der Waals surface area contributed by atoms with Crippen LogP contribution in [0.1, 0.15) is 10.5 Å². The molecule has 0 aromatic carbocycles.